The van der Waals surface area contributed by atoms with Crippen molar-refractivity contribution in [3.05, 3.63) is 76.0 Å². The molecular weight excluding hydrogens is 380 g/mol. The first-order valence-electron chi connectivity index (χ1n) is 7.74. The van der Waals surface area contributed by atoms with E-state index >= 15 is 0 Å². The summed E-state index contributed by atoms with van der Waals surface area (Å²) in [5.74, 6) is 0.198. The van der Waals surface area contributed by atoms with Crippen LogP contribution in [0, 0.1) is 13.8 Å². The fraction of sp³-hybridized carbons (Fsp3) is 0.105. The quantitative estimate of drug-likeness (QED) is 0.661. The van der Waals surface area contributed by atoms with E-state index in [1.165, 1.54) is 23.5 Å². The number of carbonyl (C=O) groups is 1. The lowest BCUT2D eigenvalue weighted by Crippen LogP contribution is -2.13. The summed E-state index contributed by atoms with van der Waals surface area (Å²) in [5, 5.41) is 5.94. The molecular formula is C19H17BrN4O. The highest BCUT2D eigenvalue weighted by Crippen LogP contribution is 2.18. The highest BCUT2D eigenvalue weighted by Gasteiger charge is 2.08. The van der Waals surface area contributed by atoms with Crippen LogP contribution in [0.1, 0.15) is 21.5 Å². The van der Waals surface area contributed by atoms with Crippen molar-refractivity contribution in [2.24, 2.45) is 0 Å². The summed E-state index contributed by atoms with van der Waals surface area (Å²) in [6.07, 6.45) is 3.01. The Kier molecular flexibility index (Phi) is 5.09. The third-order valence-electron chi connectivity index (χ3n) is 3.78. The summed E-state index contributed by atoms with van der Waals surface area (Å²) < 4.78 is 0.954. The minimum Gasteiger partial charge on any atom is -0.324 e. The average molecular weight is 397 g/mol. The van der Waals surface area contributed by atoms with Gasteiger partial charge in [0.25, 0.3) is 5.91 Å². The van der Waals surface area contributed by atoms with Gasteiger partial charge in [-0.25, -0.2) is 9.97 Å². The molecule has 0 fully saturated rings. The normalized spacial score (nSPS) is 10.4. The van der Waals surface area contributed by atoms with Crippen molar-refractivity contribution >= 4 is 39.2 Å². The molecule has 0 saturated carbocycles. The molecule has 1 heterocycles. The molecule has 0 aliphatic carbocycles. The van der Waals surface area contributed by atoms with Gasteiger partial charge in [0.15, 0.2) is 0 Å². The van der Waals surface area contributed by atoms with Gasteiger partial charge in [-0.1, -0.05) is 22.0 Å². The minimum absolute atomic E-state index is 0.250. The Hall–Kier alpha value is -2.73. The highest BCUT2D eigenvalue weighted by atomic mass is 79.9. The smallest absolute Gasteiger partial charge is 0.258 e. The van der Waals surface area contributed by atoms with E-state index in [4.69, 9.17) is 0 Å². The molecule has 1 amide bonds. The number of nitrogens with one attached hydrogen (secondary N) is 2. The number of rotatable bonds is 4. The van der Waals surface area contributed by atoms with E-state index in [9.17, 15) is 4.79 Å². The maximum atomic E-state index is 12.2. The molecule has 5 nitrogen and oxygen atoms in total. The van der Waals surface area contributed by atoms with Crippen molar-refractivity contribution in [2.75, 3.05) is 10.6 Å². The van der Waals surface area contributed by atoms with Crippen LogP contribution in [-0.2, 0) is 0 Å². The molecule has 0 unspecified atom stereocenters. The molecule has 3 aromatic rings. The molecule has 0 saturated heterocycles. The van der Waals surface area contributed by atoms with Gasteiger partial charge in [-0.05, 0) is 61.4 Å². The second-order valence-corrected chi connectivity index (χ2v) is 6.60. The Morgan fingerprint density at radius 1 is 0.920 bits per heavy atom. The van der Waals surface area contributed by atoms with Gasteiger partial charge in [-0.3, -0.25) is 4.79 Å². The molecule has 6 heteroatoms. The summed E-state index contributed by atoms with van der Waals surface area (Å²) in [5.41, 5.74) is 4.44. The van der Waals surface area contributed by atoms with Crippen molar-refractivity contribution in [1.29, 1.82) is 0 Å². The number of hydrogen-bond acceptors (Lipinski definition) is 4. The summed E-state index contributed by atoms with van der Waals surface area (Å²) in [7, 11) is 0. The van der Waals surface area contributed by atoms with Crippen LogP contribution in [0.2, 0.25) is 0 Å². The molecule has 0 aliphatic heterocycles. The zero-order valence-electron chi connectivity index (χ0n) is 13.9. The van der Waals surface area contributed by atoms with Gasteiger partial charge in [0.2, 0.25) is 5.95 Å². The van der Waals surface area contributed by atoms with E-state index in [-0.39, 0.29) is 5.91 Å². The van der Waals surface area contributed by atoms with E-state index in [0.717, 1.165) is 10.2 Å². The zero-order chi connectivity index (χ0) is 17.8. The third-order valence-corrected chi connectivity index (χ3v) is 4.31. The van der Waals surface area contributed by atoms with Crippen LogP contribution in [0.4, 0.5) is 17.3 Å². The fourth-order valence-electron chi connectivity index (χ4n) is 2.19. The van der Waals surface area contributed by atoms with Crippen molar-refractivity contribution in [2.45, 2.75) is 13.8 Å². The SMILES string of the molecule is Cc1ccc(Nc2ncc(C(=O)Nc3ccc(Br)cc3)cn2)cc1C. The maximum absolute atomic E-state index is 12.2. The Morgan fingerprint density at radius 2 is 1.56 bits per heavy atom. The number of carbonyl (C=O) groups excluding carboxylic acids is 1. The van der Waals surface area contributed by atoms with E-state index in [2.05, 4.69) is 50.4 Å². The number of hydrogen-bond donors (Lipinski definition) is 2. The molecule has 0 spiro atoms. The number of benzene rings is 2. The summed E-state index contributed by atoms with van der Waals surface area (Å²) in [6, 6.07) is 13.4. The van der Waals surface area contributed by atoms with Gasteiger partial charge in [0, 0.05) is 28.2 Å². The van der Waals surface area contributed by atoms with Crippen molar-refractivity contribution in [1.82, 2.24) is 9.97 Å². The number of halogens is 1. The number of amides is 1. The molecule has 0 atom stereocenters. The Balaban J connectivity index is 1.67. The predicted octanol–water partition coefficient (Wildman–Crippen LogP) is 4.85. The van der Waals surface area contributed by atoms with Gasteiger partial charge in [0.05, 0.1) is 5.56 Å². The molecule has 0 aliphatic rings. The van der Waals surface area contributed by atoms with Crippen LogP contribution in [0.5, 0.6) is 0 Å². The molecule has 2 aromatic carbocycles. The van der Waals surface area contributed by atoms with E-state index in [1.807, 2.05) is 42.5 Å². The molecule has 0 bridgehead atoms. The van der Waals surface area contributed by atoms with Crippen molar-refractivity contribution in [3.8, 4) is 0 Å². The first-order chi connectivity index (χ1) is 12.0. The monoisotopic (exact) mass is 396 g/mol. The number of anilines is 3. The lowest BCUT2D eigenvalue weighted by Gasteiger charge is -2.08. The Bertz CT molecular complexity index is 892. The van der Waals surface area contributed by atoms with Crippen molar-refractivity contribution < 1.29 is 4.79 Å². The minimum atomic E-state index is -0.250. The van der Waals surface area contributed by atoms with Crippen LogP contribution in [0.3, 0.4) is 0 Å². The lowest BCUT2D eigenvalue weighted by molar-refractivity contribution is 0.102. The van der Waals surface area contributed by atoms with Crippen molar-refractivity contribution in [3.63, 3.8) is 0 Å². The Morgan fingerprint density at radius 3 is 2.20 bits per heavy atom. The topological polar surface area (TPSA) is 66.9 Å². The Labute approximate surface area is 154 Å². The standard InChI is InChI=1S/C19H17BrN4O/c1-12-3-6-17(9-13(12)2)24-19-21-10-14(11-22-19)18(25)23-16-7-4-15(20)5-8-16/h3-11H,1-2H3,(H,23,25)(H,21,22,24). The fourth-order valence-corrected chi connectivity index (χ4v) is 2.46. The largest absolute Gasteiger partial charge is 0.324 e. The van der Waals surface area contributed by atoms with Crippen LogP contribution >= 0.6 is 15.9 Å². The second-order valence-electron chi connectivity index (χ2n) is 5.68. The van der Waals surface area contributed by atoms with E-state index < -0.39 is 0 Å². The van der Waals surface area contributed by atoms with E-state index in [1.54, 1.807) is 0 Å². The summed E-state index contributed by atoms with van der Waals surface area (Å²) in [6.45, 7) is 4.12. The van der Waals surface area contributed by atoms with Gasteiger partial charge >= 0.3 is 0 Å². The van der Waals surface area contributed by atoms with Crippen LogP contribution < -0.4 is 10.6 Å². The van der Waals surface area contributed by atoms with Crippen LogP contribution in [-0.4, -0.2) is 15.9 Å². The third kappa shape index (κ3) is 4.42. The predicted molar refractivity (Wildman–Crippen MR) is 103 cm³/mol. The van der Waals surface area contributed by atoms with Gasteiger partial charge in [0.1, 0.15) is 0 Å². The molecule has 25 heavy (non-hydrogen) atoms. The van der Waals surface area contributed by atoms with Gasteiger partial charge in [-0.2, -0.15) is 0 Å². The lowest BCUT2D eigenvalue weighted by atomic mass is 10.1. The molecule has 3 rings (SSSR count). The van der Waals surface area contributed by atoms with Gasteiger partial charge < -0.3 is 10.6 Å². The number of aromatic nitrogens is 2. The molecule has 0 radical (unpaired) electrons. The first kappa shape index (κ1) is 17.1. The molecule has 126 valence electrons. The highest BCUT2D eigenvalue weighted by molar-refractivity contribution is 9.10. The second kappa shape index (κ2) is 7.44. The zero-order valence-corrected chi connectivity index (χ0v) is 15.5. The molecule has 2 N–H and O–H groups in total. The van der Waals surface area contributed by atoms with Crippen LogP contribution in [0.15, 0.2) is 59.3 Å². The summed E-state index contributed by atoms with van der Waals surface area (Å²) >= 11 is 3.36. The van der Waals surface area contributed by atoms with Crippen LogP contribution in [0.25, 0.3) is 0 Å². The first-order valence-corrected chi connectivity index (χ1v) is 8.54. The number of nitrogens with zero attached hydrogens (tertiary/aromatic N) is 2. The van der Waals surface area contributed by atoms with E-state index in [0.29, 0.717) is 17.2 Å². The van der Waals surface area contributed by atoms with Gasteiger partial charge in [-0.15, -0.1) is 0 Å². The molecule has 1 aromatic heterocycles. The average Bonchev–Trinajstić information content (AvgIpc) is 2.61. The maximum Gasteiger partial charge on any atom is 0.258 e. The number of aryl methyl sites for hydroxylation is 2. The summed E-state index contributed by atoms with van der Waals surface area (Å²) in [4.78, 5) is 20.7.